The lowest BCUT2D eigenvalue weighted by molar-refractivity contribution is 0.0520. The van der Waals surface area contributed by atoms with Crippen molar-refractivity contribution >= 4 is 5.97 Å². The Balaban J connectivity index is 1.96. The topological polar surface area (TPSA) is 62.9 Å². The molecule has 0 saturated carbocycles. The highest BCUT2D eigenvalue weighted by Crippen LogP contribution is 2.22. The molecule has 1 unspecified atom stereocenters. The lowest BCUT2D eigenvalue weighted by atomic mass is 9.95. The molecule has 0 bridgehead atoms. The van der Waals surface area contributed by atoms with Crippen LogP contribution in [0.2, 0.25) is 0 Å². The van der Waals surface area contributed by atoms with Crippen LogP contribution < -0.4 is 0 Å². The second-order valence-corrected chi connectivity index (χ2v) is 5.23. The van der Waals surface area contributed by atoms with Gasteiger partial charge in [0.25, 0.3) is 0 Å². The van der Waals surface area contributed by atoms with Gasteiger partial charge >= 0.3 is 5.97 Å². The minimum Gasteiger partial charge on any atom is -0.467 e. The molecule has 0 aliphatic carbocycles. The molecule has 1 atom stereocenters. The largest absolute Gasteiger partial charge is 0.467 e. The molecular formula is C15H23NO4. The number of piperidine rings is 1. The van der Waals surface area contributed by atoms with Gasteiger partial charge in [-0.25, -0.2) is 4.79 Å². The van der Waals surface area contributed by atoms with Gasteiger partial charge in [-0.2, -0.15) is 0 Å². The number of likely N-dealkylation sites (tertiary alicyclic amines) is 1. The highest BCUT2D eigenvalue weighted by Gasteiger charge is 2.23. The Hall–Kier alpha value is -1.33. The maximum atomic E-state index is 11.8. The number of esters is 1. The third-order valence-electron chi connectivity index (χ3n) is 3.75. The fourth-order valence-corrected chi connectivity index (χ4v) is 2.77. The summed E-state index contributed by atoms with van der Waals surface area (Å²) in [7, 11) is 0. The first-order valence-electron chi connectivity index (χ1n) is 7.31. The zero-order valence-corrected chi connectivity index (χ0v) is 12.0. The number of rotatable bonds is 6. The van der Waals surface area contributed by atoms with Gasteiger partial charge in [-0.05, 0) is 44.7 Å². The summed E-state index contributed by atoms with van der Waals surface area (Å²) < 4.78 is 10.5. The molecule has 0 spiro atoms. The van der Waals surface area contributed by atoms with E-state index in [0.29, 0.717) is 30.4 Å². The van der Waals surface area contributed by atoms with Gasteiger partial charge in [0.1, 0.15) is 11.3 Å². The highest BCUT2D eigenvalue weighted by molar-refractivity contribution is 5.90. The molecule has 5 nitrogen and oxygen atoms in total. The molecule has 0 aromatic carbocycles. The molecule has 0 radical (unpaired) electrons. The van der Waals surface area contributed by atoms with Crippen LogP contribution >= 0.6 is 0 Å². The van der Waals surface area contributed by atoms with E-state index in [2.05, 4.69) is 4.90 Å². The van der Waals surface area contributed by atoms with Gasteiger partial charge in [0, 0.05) is 13.2 Å². The molecule has 1 aromatic heterocycles. The van der Waals surface area contributed by atoms with Crippen molar-refractivity contribution in [1.29, 1.82) is 0 Å². The molecule has 1 aliphatic heterocycles. The monoisotopic (exact) mass is 281 g/mol. The quantitative estimate of drug-likeness (QED) is 0.809. The number of carbonyl (C=O) groups excluding carboxylic acids is 1. The number of nitrogens with zero attached hydrogens (tertiary/aromatic N) is 1. The van der Waals surface area contributed by atoms with Crippen molar-refractivity contribution < 1.29 is 19.1 Å². The van der Waals surface area contributed by atoms with Gasteiger partial charge < -0.3 is 14.3 Å². The van der Waals surface area contributed by atoms with Crippen LogP contribution in [0.5, 0.6) is 0 Å². The summed E-state index contributed by atoms with van der Waals surface area (Å²) >= 11 is 0. The van der Waals surface area contributed by atoms with Crippen LogP contribution in [0.15, 0.2) is 16.7 Å². The van der Waals surface area contributed by atoms with Gasteiger partial charge in [0.2, 0.25) is 0 Å². The Morgan fingerprint density at radius 2 is 2.45 bits per heavy atom. The van der Waals surface area contributed by atoms with Gasteiger partial charge in [-0.1, -0.05) is 0 Å². The van der Waals surface area contributed by atoms with Crippen LogP contribution in [-0.2, 0) is 11.3 Å². The van der Waals surface area contributed by atoms with Crippen molar-refractivity contribution in [3.05, 3.63) is 23.7 Å². The summed E-state index contributed by atoms with van der Waals surface area (Å²) in [6, 6.07) is 1.67. The number of carbonyl (C=O) groups is 1. The summed E-state index contributed by atoms with van der Waals surface area (Å²) in [5.41, 5.74) is 0.524. The number of hydrogen-bond donors (Lipinski definition) is 1. The van der Waals surface area contributed by atoms with Gasteiger partial charge in [0.15, 0.2) is 0 Å². The van der Waals surface area contributed by atoms with E-state index < -0.39 is 0 Å². The van der Waals surface area contributed by atoms with Crippen LogP contribution in [-0.4, -0.2) is 42.3 Å². The molecule has 1 aliphatic rings. The van der Waals surface area contributed by atoms with E-state index in [0.717, 1.165) is 25.9 Å². The van der Waals surface area contributed by atoms with E-state index in [1.54, 1.807) is 13.0 Å². The second-order valence-electron chi connectivity index (χ2n) is 5.23. The van der Waals surface area contributed by atoms with Crippen LogP contribution in [0.1, 0.15) is 42.3 Å². The Morgan fingerprint density at radius 3 is 3.20 bits per heavy atom. The fraction of sp³-hybridized carbons (Fsp3) is 0.667. The number of aliphatic hydroxyl groups is 1. The zero-order chi connectivity index (χ0) is 14.4. The van der Waals surface area contributed by atoms with E-state index in [-0.39, 0.29) is 12.6 Å². The average molecular weight is 281 g/mol. The van der Waals surface area contributed by atoms with Crippen molar-refractivity contribution in [2.75, 3.05) is 26.3 Å². The first-order chi connectivity index (χ1) is 9.74. The van der Waals surface area contributed by atoms with E-state index in [4.69, 9.17) is 14.3 Å². The summed E-state index contributed by atoms with van der Waals surface area (Å²) in [5, 5.41) is 9.04. The predicted octanol–water partition coefficient (Wildman–Crippen LogP) is 2.05. The lowest BCUT2D eigenvalue weighted by Gasteiger charge is -2.31. The van der Waals surface area contributed by atoms with E-state index in [1.165, 1.54) is 12.7 Å². The van der Waals surface area contributed by atoms with Gasteiger partial charge in [0.05, 0.1) is 19.4 Å². The van der Waals surface area contributed by atoms with Crippen molar-refractivity contribution in [2.45, 2.75) is 32.7 Å². The van der Waals surface area contributed by atoms with Gasteiger partial charge in [-0.3, -0.25) is 4.90 Å². The SMILES string of the molecule is CCOC(=O)c1ccoc1CN1CCCC(CCO)C1. The minimum absolute atomic E-state index is 0.243. The van der Waals surface area contributed by atoms with Crippen molar-refractivity contribution in [1.82, 2.24) is 4.90 Å². The van der Waals surface area contributed by atoms with Crippen LogP contribution in [0.3, 0.4) is 0 Å². The third kappa shape index (κ3) is 3.84. The molecule has 20 heavy (non-hydrogen) atoms. The predicted molar refractivity (Wildman–Crippen MR) is 74.4 cm³/mol. The average Bonchev–Trinajstić information content (AvgIpc) is 2.88. The molecule has 1 N–H and O–H groups in total. The smallest absolute Gasteiger partial charge is 0.341 e. The van der Waals surface area contributed by atoms with Crippen molar-refractivity contribution in [3.8, 4) is 0 Å². The van der Waals surface area contributed by atoms with Crippen LogP contribution in [0.4, 0.5) is 0 Å². The Morgan fingerprint density at radius 1 is 1.60 bits per heavy atom. The Labute approximate surface area is 119 Å². The van der Waals surface area contributed by atoms with Crippen molar-refractivity contribution in [2.24, 2.45) is 5.92 Å². The van der Waals surface area contributed by atoms with Gasteiger partial charge in [-0.15, -0.1) is 0 Å². The molecule has 112 valence electrons. The minimum atomic E-state index is -0.319. The van der Waals surface area contributed by atoms with E-state index in [1.807, 2.05) is 0 Å². The Kier molecular flexibility index (Phi) is 5.61. The third-order valence-corrected chi connectivity index (χ3v) is 3.75. The van der Waals surface area contributed by atoms with Crippen LogP contribution in [0.25, 0.3) is 0 Å². The first kappa shape index (κ1) is 15.1. The summed E-state index contributed by atoms with van der Waals surface area (Å²) in [6.45, 7) is 4.98. The highest BCUT2D eigenvalue weighted by atomic mass is 16.5. The molecular weight excluding hydrogens is 258 g/mol. The zero-order valence-electron chi connectivity index (χ0n) is 12.0. The summed E-state index contributed by atoms with van der Waals surface area (Å²) in [4.78, 5) is 14.1. The maximum Gasteiger partial charge on any atom is 0.341 e. The summed E-state index contributed by atoms with van der Waals surface area (Å²) in [6.07, 6.45) is 4.68. The lowest BCUT2D eigenvalue weighted by Crippen LogP contribution is -2.35. The number of furan rings is 1. The fourth-order valence-electron chi connectivity index (χ4n) is 2.77. The molecule has 1 saturated heterocycles. The van der Waals surface area contributed by atoms with Crippen LogP contribution in [0, 0.1) is 5.92 Å². The molecule has 2 rings (SSSR count). The van der Waals surface area contributed by atoms with E-state index >= 15 is 0 Å². The molecule has 1 fully saturated rings. The summed E-state index contributed by atoms with van der Waals surface area (Å²) in [5.74, 6) is 0.892. The number of aliphatic hydroxyl groups excluding tert-OH is 1. The first-order valence-corrected chi connectivity index (χ1v) is 7.31. The normalized spacial score (nSPS) is 20.0. The molecule has 2 heterocycles. The Bertz CT molecular complexity index is 427. The molecule has 0 amide bonds. The van der Waals surface area contributed by atoms with E-state index in [9.17, 15) is 4.79 Å². The van der Waals surface area contributed by atoms with Crippen molar-refractivity contribution in [3.63, 3.8) is 0 Å². The number of ether oxygens (including phenoxy) is 1. The molecule has 5 heteroatoms. The standard InChI is InChI=1S/C15H23NO4/c1-2-19-15(18)13-6-9-20-14(13)11-16-7-3-4-12(10-16)5-8-17/h6,9,12,17H,2-5,7-8,10-11H2,1H3. The number of hydrogen-bond acceptors (Lipinski definition) is 5. The maximum absolute atomic E-state index is 11.8. The molecule has 1 aromatic rings. The second kappa shape index (κ2) is 7.45.